The van der Waals surface area contributed by atoms with E-state index in [0.29, 0.717) is 26.2 Å². The van der Waals surface area contributed by atoms with Crippen molar-refractivity contribution < 1.29 is 28.5 Å². The van der Waals surface area contributed by atoms with Crippen LogP contribution < -0.4 is 0 Å². The van der Waals surface area contributed by atoms with Crippen LogP contribution in [0, 0.1) is 0 Å². The fraction of sp³-hybridized carbons (Fsp3) is 0.228. The van der Waals surface area contributed by atoms with Gasteiger partial charge in [-0.25, -0.2) is 0 Å². The van der Waals surface area contributed by atoms with E-state index in [1.165, 1.54) is 0 Å². The third kappa shape index (κ3) is 11.4. The fourth-order valence-corrected chi connectivity index (χ4v) is 8.75. The van der Waals surface area contributed by atoms with Crippen molar-refractivity contribution in [1.29, 1.82) is 0 Å². The van der Waals surface area contributed by atoms with Crippen LogP contribution in [0.5, 0.6) is 0 Å². The summed E-state index contributed by atoms with van der Waals surface area (Å²) in [6, 6.07) is 70.7. The zero-order valence-electron chi connectivity index (χ0n) is 36.6. The Hall–Kier alpha value is -6.52. The maximum Gasteiger partial charge on any atom is 0.254 e. The molecule has 0 aliphatic carbocycles. The molecule has 0 radical (unpaired) electrons. The molecule has 1 saturated heterocycles. The van der Waals surface area contributed by atoms with Crippen molar-refractivity contribution in [3.8, 4) is 0 Å². The van der Waals surface area contributed by atoms with Gasteiger partial charge in [-0.2, -0.15) is 0 Å². The molecule has 0 N–H and O–H groups in total. The Morgan fingerprint density at radius 3 is 1.15 bits per heavy atom. The first kappa shape index (κ1) is 45.1. The highest BCUT2D eigenvalue weighted by molar-refractivity contribution is 5.88. The van der Waals surface area contributed by atoms with Gasteiger partial charge < -0.3 is 23.8 Å². The van der Waals surface area contributed by atoms with Crippen LogP contribution in [0.15, 0.2) is 212 Å². The molecule has 0 bridgehead atoms. The molecule has 330 valence electrons. The van der Waals surface area contributed by atoms with E-state index in [1.807, 2.05) is 144 Å². The van der Waals surface area contributed by atoms with Gasteiger partial charge in [0.25, 0.3) is 5.91 Å². The minimum absolute atomic E-state index is 0.111. The largest absolute Gasteiger partial charge is 0.369 e. The monoisotopic (exact) mass is 864 g/mol. The molecule has 8 nitrogen and oxygen atoms in total. The number of nitrogens with zero attached hydrogens (tertiary/aromatic N) is 2. The Morgan fingerprint density at radius 2 is 0.754 bits per heavy atom. The van der Waals surface area contributed by atoms with Crippen molar-refractivity contribution in [3.63, 3.8) is 0 Å². The number of benzene rings is 7. The molecular weight excluding hydrogens is 809 g/mol. The van der Waals surface area contributed by atoms with Crippen LogP contribution in [0.2, 0.25) is 0 Å². The summed E-state index contributed by atoms with van der Waals surface area (Å²) in [6.45, 7) is 2.28. The number of rotatable bonds is 21. The normalized spacial score (nSPS) is 14.6. The van der Waals surface area contributed by atoms with Gasteiger partial charge >= 0.3 is 0 Å². The van der Waals surface area contributed by atoms with Gasteiger partial charge in [0.15, 0.2) is 11.9 Å². The summed E-state index contributed by atoms with van der Waals surface area (Å²) in [7, 11) is 0. The van der Waals surface area contributed by atoms with Crippen LogP contribution in [0.1, 0.15) is 38.9 Å². The number of Topliss-reactive ketones (excluding diaryl/α,β-unsaturated/α-hetero) is 1. The standard InChI is InChI=1S/C57H56N2O6/c60-52(44-62-40-45-22-8-1-9-23-45)53(63-41-46-24-10-2-11-25-46)54(64-42-47-26-12-3-13-27-47)55(65-43-48-28-14-4-15-29-48)56(61)58-36-38-59(39-37-58)57(49-30-16-5-17-31-49,50-32-18-6-19-33-50)51-34-20-7-21-35-51/h1-35,53-55H,36-44H2. The summed E-state index contributed by atoms with van der Waals surface area (Å²) in [5.41, 5.74) is 6.37. The van der Waals surface area contributed by atoms with E-state index in [4.69, 9.17) is 18.9 Å². The van der Waals surface area contributed by atoms with Crippen molar-refractivity contribution >= 4 is 11.7 Å². The number of hydrogen-bond acceptors (Lipinski definition) is 7. The summed E-state index contributed by atoms with van der Waals surface area (Å²) in [6.07, 6.45) is -3.58. The number of carbonyl (C=O) groups excluding carboxylic acids is 2. The van der Waals surface area contributed by atoms with Crippen molar-refractivity contribution in [2.45, 2.75) is 50.3 Å². The quantitative estimate of drug-likeness (QED) is 0.0667. The van der Waals surface area contributed by atoms with E-state index >= 15 is 4.79 Å². The SMILES string of the molecule is O=C(COCc1ccccc1)C(OCc1ccccc1)C(OCc1ccccc1)C(OCc1ccccc1)C(=O)N1CCN(C(c2ccccc2)(c2ccccc2)c2ccccc2)CC1. The molecule has 1 aliphatic rings. The first-order valence-electron chi connectivity index (χ1n) is 22.4. The molecule has 0 spiro atoms. The molecule has 1 fully saturated rings. The van der Waals surface area contributed by atoms with Gasteiger partial charge in [0.05, 0.1) is 32.0 Å². The van der Waals surface area contributed by atoms with E-state index in [9.17, 15) is 4.79 Å². The van der Waals surface area contributed by atoms with E-state index in [1.54, 1.807) is 0 Å². The minimum Gasteiger partial charge on any atom is -0.369 e. The average Bonchev–Trinajstić information content (AvgIpc) is 3.38. The molecule has 1 aliphatic heterocycles. The second-order valence-corrected chi connectivity index (χ2v) is 16.3. The maximum atomic E-state index is 15.4. The van der Waals surface area contributed by atoms with Crippen LogP contribution in [-0.4, -0.2) is 72.6 Å². The van der Waals surface area contributed by atoms with Gasteiger partial charge in [0, 0.05) is 26.2 Å². The Morgan fingerprint density at radius 1 is 0.415 bits per heavy atom. The lowest BCUT2D eigenvalue weighted by Gasteiger charge is -2.49. The number of carbonyl (C=O) groups is 2. The predicted molar refractivity (Wildman–Crippen MR) is 254 cm³/mol. The van der Waals surface area contributed by atoms with E-state index in [2.05, 4.69) is 77.7 Å². The summed E-state index contributed by atoms with van der Waals surface area (Å²) >= 11 is 0. The zero-order valence-corrected chi connectivity index (χ0v) is 36.6. The maximum absolute atomic E-state index is 15.4. The molecule has 1 heterocycles. The molecular formula is C57H56N2O6. The Labute approximate surface area is 383 Å². The molecule has 8 rings (SSSR count). The van der Waals surface area contributed by atoms with Crippen LogP contribution in [-0.2, 0) is 60.5 Å². The summed E-state index contributed by atoms with van der Waals surface area (Å²) in [5.74, 6) is -0.617. The molecule has 1 amide bonds. The van der Waals surface area contributed by atoms with Crippen LogP contribution in [0.3, 0.4) is 0 Å². The van der Waals surface area contributed by atoms with Gasteiger partial charge in [-0.05, 0) is 38.9 Å². The van der Waals surface area contributed by atoms with Crippen molar-refractivity contribution in [2.75, 3.05) is 32.8 Å². The number of ketones is 1. The molecule has 7 aromatic rings. The highest BCUT2D eigenvalue weighted by Gasteiger charge is 2.46. The van der Waals surface area contributed by atoms with Gasteiger partial charge in [0.1, 0.15) is 18.8 Å². The molecule has 3 atom stereocenters. The van der Waals surface area contributed by atoms with Gasteiger partial charge in [-0.15, -0.1) is 0 Å². The smallest absolute Gasteiger partial charge is 0.254 e. The summed E-state index contributed by atoms with van der Waals surface area (Å²) < 4.78 is 26.2. The summed E-state index contributed by atoms with van der Waals surface area (Å²) in [5, 5.41) is 0. The third-order valence-corrected chi connectivity index (χ3v) is 12.0. The number of amides is 1. The van der Waals surface area contributed by atoms with E-state index < -0.39 is 23.9 Å². The molecule has 3 unspecified atom stereocenters. The highest BCUT2D eigenvalue weighted by atomic mass is 16.6. The van der Waals surface area contributed by atoms with E-state index in [0.717, 1.165) is 38.9 Å². The molecule has 0 aromatic heterocycles. The Balaban J connectivity index is 1.13. The lowest BCUT2D eigenvalue weighted by Crippen LogP contribution is -2.61. The fourth-order valence-electron chi connectivity index (χ4n) is 8.75. The topological polar surface area (TPSA) is 77.5 Å². The molecule has 0 saturated carbocycles. The van der Waals surface area contributed by atoms with Gasteiger partial charge in [-0.1, -0.05) is 212 Å². The third-order valence-electron chi connectivity index (χ3n) is 12.0. The van der Waals surface area contributed by atoms with E-state index in [-0.39, 0.29) is 44.7 Å². The number of hydrogen-bond donors (Lipinski definition) is 0. The predicted octanol–water partition coefficient (Wildman–Crippen LogP) is 9.66. The highest BCUT2D eigenvalue weighted by Crippen LogP contribution is 2.43. The van der Waals surface area contributed by atoms with Gasteiger partial charge in [0.2, 0.25) is 0 Å². The summed E-state index contributed by atoms with van der Waals surface area (Å²) in [4.78, 5) is 34.4. The van der Waals surface area contributed by atoms with Crippen LogP contribution in [0.4, 0.5) is 0 Å². The second-order valence-electron chi connectivity index (χ2n) is 16.3. The molecule has 8 heteroatoms. The lowest BCUT2D eigenvalue weighted by molar-refractivity contribution is -0.182. The first-order valence-corrected chi connectivity index (χ1v) is 22.4. The average molecular weight is 865 g/mol. The Kier molecular flexibility index (Phi) is 15.9. The number of ether oxygens (including phenoxy) is 4. The van der Waals surface area contributed by atoms with Crippen molar-refractivity contribution in [1.82, 2.24) is 9.80 Å². The van der Waals surface area contributed by atoms with Crippen LogP contribution >= 0.6 is 0 Å². The number of piperazine rings is 1. The first-order chi connectivity index (χ1) is 32.1. The minimum atomic E-state index is -1.22. The van der Waals surface area contributed by atoms with Crippen molar-refractivity contribution in [3.05, 3.63) is 251 Å². The van der Waals surface area contributed by atoms with Crippen molar-refractivity contribution in [2.24, 2.45) is 0 Å². The molecule has 65 heavy (non-hydrogen) atoms. The Bertz CT molecular complexity index is 2370. The second kappa shape index (κ2) is 22.9. The lowest BCUT2D eigenvalue weighted by atomic mass is 9.75. The molecule has 7 aromatic carbocycles. The van der Waals surface area contributed by atoms with Gasteiger partial charge in [-0.3, -0.25) is 14.5 Å². The van der Waals surface area contributed by atoms with Crippen LogP contribution in [0.25, 0.3) is 0 Å². The zero-order chi connectivity index (χ0) is 44.5.